The van der Waals surface area contributed by atoms with E-state index in [1.54, 1.807) is 11.0 Å². The maximum atomic E-state index is 17.0. The monoisotopic (exact) mass is 601 g/mol. The standard InChI is InChI=1S/C31H33ClFN9O/c1-7-24(43)41-12-18(4)42(13-17(41)3)30-20-10-21(32)26(25-16(2)8-9-22-27(25)23(11-34)38-37-22)28(33)29(20)35-31(36-30)40-14-19(15-40)39(5)6/h7-10,17-19H,1,12-15H2,2-6H3,(H,37,38)/t17-,18+/m1/s1. The smallest absolute Gasteiger partial charge is 0.246 e. The van der Waals surface area contributed by atoms with Gasteiger partial charge in [0, 0.05) is 66.2 Å². The SMILES string of the molecule is C=CC(=O)N1C[C@H](C)N(c2nc(N3CC(N(C)C)C3)nc3c(F)c(-c4c(C)ccc5[nH]nc(C#N)c45)c(Cl)cc23)C[C@H]1C. The Hall–Kier alpha value is -4.27. The van der Waals surface area contributed by atoms with Gasteiger partial charge in [-0.25, -0.2) is 9.37 Å². The third-order valence-electron chi connectivity index (χ3n) is 8.74. The van der Waals surface area contributed by atoms with E-state index in [-0.39, 0.29) is 39.8 Å². The maximum Gasteiger partial charge on any atom is 0.246 e. The zero-order chi connectivity index (χ0) is 30.7. The molecule has 1 N–H and O–H groups in total. The first kappa shape index (κ1) is 28.8. The number of aromatic nitrogens is 4. The van der Waals surface area contributed by atoms with Crippen LogP contribution in [0.3, 0.4) is 0 Å². The first-order chi connectivity index (χ1) is 20.5. The van der Waals surface area contributed by atoms with Gasteiger partial charge in [-0.1, -0.05) is 24.2 Å². The first-order valence-corrected chi connectivity index (χ1v) is 14.6. The highest BCUT2D eigenvalue weighted by atomic mass is 35.5. The Morgan fingerprint density at radius 2 is 1.93 bits per heavy atom. The topological polar surface area (TPSA) is 108 Å². The van der Waals surface area contributed by atoms with Crippen LogP contribution < -0.4 is 9.80 Å². The summed E-state index contributed by atoms with van der Waals surface area (Å²) in [4.78, 5) is 30.4. The van der Waals surface area contributed by atoms with E-state index in [1.807, 2.05) is 51.9 Å². The average Bonchev–Trinajstić information content (AvgIpc) is 3.37. The zero-order valence-electron chi connectivity index (χ0n) is 24.8. The van der Waals surface area contributed by atoms with E-state index in [0.717, 1.165) is 5.56 Å². The van der Waals surface area contributed by atoms with Gasteiger partial charge in [-0.2, -0.15) is 15.3 Å². The van der Waals surface area contributed by atoms with Crippen LogP contribution in [0.5, 0.6) is 0 Å². The molecular formula is C31H33ClFN9O. The highest BCUT2D eigenvalue weighted by Crippen LogP contribution is 2.43. The zero-order valence-corrected chi connectivity index (χ0v) is 25.6. The van der Waals surface area contributed by atoms with Gasteiger partial charge in [0.15, 0.2) is 11.5 Å². The molecule has 0 saturated carbocycles. The quantitative estimate of drug-likeness (QED) is 0.333. The summed E-state index contributed by atoms with van der Waals surface area (Å²) in [6.45, 7) is 11.9. The molecule has 2 aromatic carbocycles. The molecule has 2 aliphatic heterocycles. The van der Waals surface area contributed by atoms with Crippen molar-refractivity contribution in [3.8, 4) is 17.2 Å². The van der Waals surface area contributed by atoms with Gasteiger partial charge in [0.05, 0.1) is 10.5 Å². The van der Waals surface area contributed by atoms with Crippen molar-refractivity contribution >= 4 is 51.1 Å². The summed E-state index contributed by atoms with van der Waals surface area (Å²) >= 11 is 6.92. The number of carbonyl (C=O) groups excluding carboxylic acids is 1. The second kappa shape index (κ2) is 10.8. The van der Waals surface area contributed by atoms with Crippen molar-refractivity contribution in [3.05, 3.63) is 53.0 Å². The van der Waals surface area contributed by atoms with Gasteiger partial charge < -0.3 is 19.6 Å². The summed E-state index contributed by atoms with van der Waals surface area (Å²) in [5, 5.41) is 17.9. The lowest BCUT2D eigenvalue weighted by Gasteiger charge is -2.45. The first-order valence-electron chi connectivity index (χ1n) is 14.2. The van der Waals surface area contributed by atoms with Crippen molar-refractivity contribution in [2.45, 2.75) is 38.9 Å². The molecule has 43 heavy (non-hydrogen) atoms. The normalized spacial score (nSPS) is 19.3. The van der Waals surface area contributed by atoms with E-state index >= 15 is 4.39 Å². The number of piperazine rings is 1. The second-order valence-electron chi connectivity index (χ2n) is 11.7. The molecule has 222 valence electrons. The van der Waals surface area contributed by atoms with Crippen molar-refractivity contribution in [3.63, 3.8) is 0 Å². The number of hydrogen-bond acceptors (Lipinski definition) is 8. The van der Waals surface area contributed by atoms with Gasteiger partial charge in [0.25, 0.3) is 0 Å². The third kappa shape index (κ3) is 4.65. The number of aryl methyl sites for hydroxylation is 1. The molecular weight excluding hydrogens is 569 g/mol. The number of halogens is 2. The van der Waals surface area contributed by atoms with Crippen molar-refractivity contribution in [1.82, 2.24) is 30.0 Å². The molecule has 0 bridgehead atoms. The summed E-state index contributed by atoms with van der Waals surface area (Å²) in [5.41, 5.74) is 2.35. The van der Waals surface area contributed by atoms with Crippen molar-refractivity contribution in [2.75, 3.05) is 50.1 Å². The van der Waals surface area contributed by atoms with Crippen LogP contribution in [-0.4, -0.2) is 94.3 Å². The third-order valence-corrected chi connectivity index (χ3v) is 9.03. The Bertz CT molecular complexity index is 1820. The van der Waals surface area contributed by atoms with Crippen LogP contribution in [0.1, 0.15) is 25.1 Å². The predicted octanol–water partition coefficient (Wildman–Crippen LogP) is 4.51. The Labute approximate surface area is 254 Å². The molecule has 0 spiro atoms. The fraction of sp³-hybridized carbons (Fsp3) is 0.387. The number of aromatic amines is 1. The molecule has 2 aromatic heterocycles. The minimum atomic E-state index is -0.584. The summed E-state index contributed by atoms with van der Waals surface area (Å²) in [6, 6.07) is 7.60. The number of nitriles is 1. The summed E-state index contributed by atoms with van der Waals surface area (Å²) in [7, 11) is 4.06. The minimum Gasteiger partial charge on any atom is -0.349 e. The number of likely N-dealkylation sites (N-methyl/N-ethyl adjacent to an activating group) is 1. The van der Waals surface area contributed by atoms with E-state index < -0.39 is 5.82 Å². The highest BCUT2D eigenvalue weighted by Gasteiger charge is 2.36. The van der Waals surface area contributed by atoms with Crippen molar-refractivity contribution < 1.29 is 9.18 Å². The molecule has 2 saturated heterocycles. The number of carbonyl (C=O) groups is 1. The number of amides is 1. The van der Waals surface area contributed by atoms with Gasteiger partial charge in [-0.05, 0) is 58.6 Å². The Balaban J connectivity index is 1.57. The lowest BCUT2D eigenvalue weighted by Crippen LogP contribution is -2.59. The number of nitrogens with one attached hydrogen (secondary N) is 1. The Morgan fingerprint density at radius 3 is 2.60 bits per heavy atom. The van der Waals surface area contributed by atoms with E-state index in [2.05, 4.69) is 32.6 Å². The molecule has 2 fully saturated rings. The summed E-state index contributed by atoms with van der Waals surface area (Å²) in [5.74, 6) is 0.301. The molecule has 2 aliphatic rings. The highest BCUT2D eigenvalue weighted by molar-refractivity contribution is 6.35. The van der Waals surface area contributed by atoms with Crippen LogP contribution in [0.2, 0.25) is 5.02 Å². The maximum absolute atomic E-state index is 17.0. The summed E-state index contributed by atoms with van der Waals surface area (Å²) in [6.07, 6.45) is 1.33. The van der Waals surface area contributed by atoms with E-state index in [4.69, 9.17) is 21.6 Å². The van der Waals surface area contributed by atoms with E-state index in [1.165, 1.54) is 6.08 Å². The molecule has 10 nitrogen and oxygen atoms in total. The van der Waals surface area contributed by atoms with Crippen LogP contribution in [0.15, 0.2) is 30.9 Å². The average molecular weight is 602 g/mol. The van der Waals surface area contributed by atoms with Gasteiger partial charge in [0.1, 0.15) is 17.4 Å². The van der Waals surface area contributed by atoms with Gasteiger partial charge >= 0.3 is 0 Å². The molecule has 2 atom stereocenters. The number of anilines is 2. The van der Waals surface area contributed by atoms with Gasteiger partial charge in [-0.3, -0.25) is 9.89 Å². The predicted molar refractivity (Wildman–Crippen MR) is 167 cm³/mol. The number of fused-ring (bicyclic) bond motifs is 2. The van der Waals surface area contributed by atoms with Crippen molar-refractivity contribution in [1.29, 1.82) is 5.26 Å². The van der Waals surface area contributed by atoms with Crippen molar-refractivity contribution in [2.24, 2.45) is 0 Å². The lowest BCUT2D eigenvalue weighted by molar-refractivity contribution is -0.128. The number of benzene rings is 2. The molecule has 0 aliphatic carbocycles. The number of H-pyrrole nitrogens is 1. The fourth-order valence-corrected chi connectivity index (χ4v) is 6.46. The second-order valence-corrected chi connectivity index (χ2v) is 12.1. The molecule has 4 heterocycles. The van der Waals surface area contributed by atoms with Crippen LogP contribution in [0, 0.1) is 24.1 Å². The summed E-state index contributed by atoms with van der Waals surface area (Å²) < 4.78 is 17.0. The van der Waals surface area contributed by atoms with Crippen LogP contribution >= 0.6 is 11.6 Å². The van der Waals surface area contributed by atoms with Crippen LogP contribution in [-0.2, 0) is 4.79 Å². The number of nitrogens with zero attached hydrogens (tertiary/aromatic N) is 8. The van der Waals surface area contributed by atoms with E-state index in [9.17, 15) is 10.1 Å². The van der Waals surface area contributed by atoms with Gasteiger partial charge in [-0.15, -0.1) is 0 Å². The Kier molecular flexibility index (Phi) is 7.22. The molecule has 0 unspecified atom stereocenters. The number of rotatable bonds is 5. The molecule has 0 radical (unpaired) electrons. The Morgan fingerprint density at radius 1 is 1.19 bits per heavy atom. The molecule has 6 rings (SSSR count). The molecule has 1 amide bonds. The minimum absolute atomic E-state index is 0.112. The van der Waals surface area contributed by atoms with Crippen LogP contribution in [0.4, 0.5) is 16.2 Å². The van der Waals surface area contributed by atoms with Crippen LogP contribution in [0.25, 0.3) is 32.9 Å². The number of hydrogen-bond donors (Lipinski definition) is 1. The fourth-order valence-electron chi connectivity index (χ4n) is 6.17. The molecule has 12 heteroatoms. The van der Waals surface area contributed by atoms with Gasteiger partial charge in [0.2, 0.25) is 11.9 Å². The largest absolute Gasteiger partial charge is 0.349 e. The van der Waals surface area contributed by atoms with E-state index in [0.29, 0.717) is 65.8 Å². The molecule has 4 aromatic rings. The lowest BCUT2D eigenvalue weighted by atomic mass is 9.94.